The van der Waals surface area contributed by atoms with Crippen LogP contribution in [0.25, 0.3) is 0 Å². The number of hydrogen-bond acceptors (Lipinski definition) is 8. The number of benzene rings is 1. The summed E-state index contributed by atoms with van der Waals surface area (Å²) in [7, 11) is 0. The zero-order valence-electron chi connectivity index (χ0n) is 18.8. The molecule has 1 aromatic heterocycles. The molecule has 0 bridgehead atoms. The summed E-state index contributed by atoms with van der Waals surface area (Å²) in [5, 5.41) is 11.8. The molecule has 1 aliphatic heterocycles. The van der Waals surface area contributed by atoms with Crippen LogP contribution >= 0.6 is 0 Å². The normalized spacial score (nSPS) is 18.0. The van der Waals surface area contributed by atoms with Crippen LogP contribution in [0.4, 0.5) is 5.69 Å². The van der Waals surface area contributed by atoms with E-state index in [0.29, 0.717) is 24.4 Å². The summed E-state index contributed by atoms with van der Waals surface area (Å²) in [4.78, 5) is 46.1. The van der Waals surface area contributed by atoms with Crippen LogP contribution in [0.1, 0.15) is 38.7 Å². The Morgan fingerprint density at radius 3 is 2.55 bits per heavy atom. The minimum absolute atomic E-state index is 0.105. The molecule has 0 spiro atoms. The second kappa shape index (κ2) is 10.7. The number of imidazole rings is 1. The van der Waals surface area contributed by atoms with Gasteiger partial charge in [-0.05, 0) is 20.8 Å². The number of carbonyl (C=O) groups excluding carboxylic acids is 2. The molecule has 0 amide bonds. The molecule has 33 heavy (non-hydrogen) atoms. The van der Waals surface area contributed by atoms with Gasteiger partial charge in [-0.15, -0.1) is 0 Å². The summed E-state index contributed by atoms with van der Waals surface area (Å²) in [6.45, 7) is 5.71. The van der Waals surface area contributed by atoms with Crippen LogP contribution < -0.4 is 0 Å². The molecule has 0 N–H and O–H groups in total. The van der Waals surface area contributed by atoms with E-state index in [4.69, 9.17) is 9.47 Å². The Balaban J connectivity index is 2.21. The number of ether oxygens (including phenoxy) is 2. The van der Waals surface area contributed by atoms with Crippen molar-refractivity contribution >= 4 is 23.3 Å². The minimum atomic E-state index is -0.998. The first-order valence-corrected chi connectivity index (χ1v) is 10.7. The number of esters is 2. The lowest BCUT2D eigenvalue weighted by Gasteiger charge is -2.32. The molecule has 0 fully saturated rings. The van der Waals surface area contributed by atoms with Crippen LogP contribution in [0.2, 0.25) is 0 Å². The van der Waals surface area contributed by atoms with Crippen molar-refractivity contribution in [3.05, 3.63) is 69.9 Å². The highest BCUT2D eigenvalue weighted by molar-refractivity contribution is 6.07. The van der Waals surface area contributed by atoms with Crippen LogP contribution in [0.5, 0.6) is 0 Å². The topological polar surface area (TPSA) is 126 Å². The number of carbonyl (C=O) groups is 2. The molecule has 2 heterocycles. The van der Waals surface area contributed by atoms with E-state index in [1.165, 1.54) is 6.07 Å². The van der Waals surface area contributed by atoms with Crippen LogP contribution in [-0.2, 0) is 25.6 Å². The molecular formula is C23H26N4O6. The van der Waals surface area contributed by atoms with Gasteiger partial charge in [0.2, 0.25) is 0 Å². The van der Waals surface area contributed by atoms with Gasteiger partial charge < -0.3 is 14.0 Å². The fourth-order valence-electron chi connectivity index (χ4n) is 4.02. The van der Waals surface area contributed by atoms with Gasteiger partial charge in [0.25, 0.3) is 5.69 Å². The molecule has 1 aromatic carbocycles. The molecule has 10 nitrogen and oxygen atoms in total. The van der Waals surface area contributed by atoms with Crippen molar-refractivity contribution in [2.75, 3.05) is 13.2 Å². The molecule has 2 atom stereocenters. The lowest BCUT2D eigenvalue weighted by molar-refractivity contribution is -0.385. The number of rotatable bonds is 9. The molecule has 0 radical (unpaired) electrons. The van der Waals surface area contributed by atoms with E-state index in [1.54, 1.807) is 57.7 Å². The predicted octanol–water partition coefficient (Wildman–Crippen LogP) is 3.44. The summed E-state index contributed by atoms with van der Waals surface area (Å²) in [6.07, 6.45) is 5.41. The molecular weight excluding hydrogens is 428 g/mol. The molecule has 2 unspecified atom stereocenters. The van der Waals surface area contributed by atoms with E-state index in [1.807, 2.05) is 4.57 Å². The lowest BCUT2D eigenvalue weighted by Crippen LogP contribution is -2.37. The van der Waals surface area contributed by atoms with E-state index < -0.39 is 28.7 Å². The SMILES string of the molecule is CCOC(=O)C1=C(CCn2ccnc2)N=C(C)C(C(=O)OCC)C1c1ccccc1[N+](=O)[O-]. The molecule has 0 saturated heterocycles. The largest absolute Gasteiger partial charge is 0.465 e. The van der Waals surface area contributed by atoms with Crippen molar-refractivity contribution in [3.63, 3.8) is 0 Å². The Kier molecular flexibility index (Phi) is 7.70. The number of allylic oxidation sites excluding steroid dienone is 1. The van der Waals surface area contributed by atoms with Crippen LogP contribution in [-0.4, -0.2) is 45.3 Å². The predicted molar refractivity (Wildman–Crippen MR) is 120 cm³/mol. The van der Waals surface area contributed by atoms with Crippen molar-refractivity contribution in [1.82, 2.24) is 9.55 Å². The monoisotopic (exact) mass is 454 g/mol. The average Bonchev–Trinajstić information content (AvgIpc) is 3.31. The first-order chi connectivity index (χ1) is 15.9. The molecule has 1 aliphatic rings. The average molecular weight is 454 g/mol. The van der Waals surface area contributed by atoms with Crippen molar-refractivity contribution in [3.8, 4) is 0 Å². The van der Waals surface area contributed by atoms with Crippen molar-refractivity contribution in [2.45, 2.75) is 39.7 Å². The Labute approximate surface area is 191 Å². The van der Waals surface area contributed by atoms with Gasteiger partial charge in [-0.3, -0.25) is 19.9 Å². The van der Waals surface area contributed by atoms with Crippen molar-refractivity contribution in [1.29, 1.82) is 0 Å². The third-order valence-electron chi connectivity index (χ3n) is 5.39. The minimum Gasteiger partial charge on any atom is -0.465 e. The van der Waals surface area contributed by atoms with Gasteiger partial charge in [0.05, 0.1) is 35.7 Å². The Morgan fingerprint density at radius 1 is 1.18 bits per heavy atom. The number of nitrogens with zero attached hydrogens (tertiary/aromatic N) is 4. The van der Waals surface area contributed by atoms with Crippen molar-refractivity contribution in [2.24, 2.45) is 10.9 Å². The van der Waals surface area contributed by atoms with Gasteiger partial charge in [0.1, 0.15) is 5.92 Å². The number of para-hydroxylation sites is 1. The second-order valence-electron chi connectivity index (χ2n) is 7.41. The maximum atomic E-state index is 13.2. The van der Waals surface area contributed by atoms with Gasteiger partial charge in [-0.25, -0.2) is 9.78 Å². The summed E-state index contributed by atoms with van der Waals surface area (Å²) in [5.74, 6) is -3.23. The number of aliphatic imine (C=N–C) groups is 1. The number of nitro benzene ring substituents is 1. The van der Waals surface area contributed by atoms with Gasteiger partial charge in [0.15, 0.2) is 0 Å². The van der Waals surface area contributed by atoms with Gasteiger partial charge in [-0.2, -0.15) is 0 Å². The van der Waals surface area contributed by atoms with Gasteiger partial charge in [0, 0.05) is 48.6 Å². The highest BCUT2D eigenvalue weighted by Crippen LogP contribution is 2.44. The van der Waals surface area contributed by atoms with Crippen LogP contribution in [0.15, 0.2) is 59.2 Å². The van der Waals surface area contributed by atoms with E-state index in [9.17, 15) is 19.7 Å². The smallest absolute Gasteiger partial charge is 0.336 e. The second-order valence-corrected chi connectivity index (χ2v) is 7.41. The third kappa shape index (κ3) is 5.16. The fraction of sp³-hybridized carbons (Fsp3) is 0.391. The first kappa shape index (κ1) is 23.8. The number of hydrogen-bond donors (Lipinski definition) is 0. The summed E-state index contributed by atoms with van der Waals surface area (Å²) < 4.78 is 12.4. The van der Waals surface area contributed by atoms with E-state index in [0.717, 1.165) is 0 Å². The highest BCUT2D eigenvalue weighted by Gasteiger charge is 2.45. The molecule has 3 rings (SSSR count). The van der Waals surface area contributed by atoms with Gasteiger partial charge in [-0.1, -0.05) is 18.2 Å². The molecule has 0 aliphatic carbocycles. The Bertz CT molecular complexity index is 1090. The standard InChI is InChI=1S/C23H26N4O6/c1-4-32-22(28)19-15(3)25-17(10-12-26-13-11-24-14-26)21(23(29)33-5-2)20(19)16-8-6-7-9-18(16)27(30)31/h6-9,11,13-14,19-20H,4-5,10,12H2,1-3H3. The zero-order chi connectivity index (χ0) is 24.0. The number of aromatic nitrogens is 2. The van der Waals surface area contributed by atoms with E-state index >= 15 is 0 Å². The van der Waals surface area contributed by atoms with E-state index in [2.05, 4.69) is 9.98 Å². The summed E-state index contributed by atoms with van der Waals surface area (Å²) >= 11 is 0. The zero-order valence-corrected chi connectivity index (χ0v) is 18.8. The number of aryl methyl sites for hydroxylation is 1. The summed E-state index contributed by atoms with van der Waals surface area (Å²) in [6, 6.07) is 6.09. The van der Waals surface area contributed by atoms with Gasteiger partial charge >= 0.3 is 11.9 Å². The summed E-state index contributed by atoms with van der Waals surface area (Å²) in [5.41, 5.74) is 1.02. The van der Waals surface area contributed by atoms with Crippen molar-refractivity contribution < 1.29 is 24.0 Å². The lowest BCUT2D eigenvalue weighted by atomic mass is 9.74. The maximum Gasteiger partial charge on any atom is 0.336 e. The van der Waals surface area contributed by atoms with Crippen LogP contribution in [0.3, 0.4) is 0 Å². The molecule has 2 aromatic rings. The van der Waals surface area contributed by atoms with E-state index in [-0.39, 0.29) is 30.0 Å². The third-order valence-corrected chi connectivity index (χ3v) is 5.39. The quantitative estimate of drug-likeness (QED) is 0.323. The maximum absolute atomic E-state index is 13.2. The Hall–Kier alpha value is -3.82. The fourth-order valence-corrected chi connectivity index (χ4v) is 4.02. The molecule has 10 heteroatoms. The Morgan fingerprint density at radius 2 is 1.91 bits per heavy atom. The molecule has 174 valence electrons. The molecule has 0 saturated carbocycles. The highest BCUT2D eigenvalue weighted by atomic mass is 16.6. The first-order valence-electron chi connectivity index (χ1n) is 10.7. The van der Waals surface area contributed by atoms with Crippen LogP contribution in [0, 0.1) is 16.0 Å². The number of nitro groups is 1.